The van der Waals surface area contributed by atoms with Gasteiger partial charge < -0.3 is 4.74 Å². The van der Waals surface area contributed by atoms with Gasteiger partial charge in [0.25, 0.3) is 0 Å². The Hall–Kier alpha value is -2.49. The zero-order valence-corrected chi connectivity index (χ0v) is 11.4. The van der Waals surface area contributed by atoms with E-state index in [1.165, 1.54) is 38.2 Å². The average Bonchev–Trinajstić information content (AvgIpc) is 2.36. The van der Waals surface area contributed by atoms with Gasteiger partial charge >= 0.3 is 21.9 Å². The lowest BCUT2D eigenvalue weighted by molar-refractivity contribution is -0.385. The second kappa shape index (κ2) is 4.89. The van der Waals surface area contributed by atoms with Crippen LogP contribution < -0.4 is 4.74 Å². The molecule has 0 aromatic heterocycles. The molecule has 0 aliphatic carbocycles. The predicted octanol–water partition coefficient (Wildman–Crippen LogP) is 0.938. The number of rotatable bonds is 2. The first-order valence-electron chi connectivity index (χ1n) is 5.36. The van der Waals surface area contributed by atoms with E-state index in [-0.39, 0.29) is 17.3 Å². The van der Waals surface area contributed by atoms with Gasteiger partial charge in [-0.1, -0.05) is 16.5 Å². The van der Waals surface area contributed by atoms with Crippen LogP contribution in [0.1, 0.15) is 6.92 Å². The summed E-state index contributed by atoms with van der Waals surface area (Å²) in [6, 6.07) is 5.08. The van der Waals surface area contributed by atoms with E-state index in [4.69, 9.17) is 4.74 Å². The number of benzene rings is 1. The molecule has 106 valence electrons. The second-order valence-electron chi connectivity index (χ2n) is 3.81. The van der Waals surface area contributed by atoms with Gasteiger partial charge in [0.1, 0.15) is 5.84 Å². The van der Waals surface area contributed by atoms with E-state index >= 15 is 0 Å². The molecule has 1 heterocycles. The van der Waals surface area contributed by atoms with Crippen LogP contribution in [0.25, 0.3) is 0 Å². The molecule has 0 atom stereocenters. The van der Waals surface area contributed by atoms with Gasteiger partial charge in [-0.05, 0) is 13.0 Å². The molecule has 0 bridgehead atoms. The van der Waals surface area contributed by atoms with Crippen LogP contribution in [0.2, 0.25) is 0 Å². The molecule has 0 fully saturated rings. The number of hydrogen-bond donors (Lipinski definition) is 0. The second-order valence-corrected chi connectivity index (χ2v) is 5.43. The molecule has 0 saturated heterocycles. The van der Waals surface area contributed by atoms with Crippen molar-refractivity contribution in [1.29, 1.82) is 0 Å². The monoisotopic (exact) mass is 298 g/mol. The highest BCUT2D eigenvalue weighted by Crippen LogP contribution is 2.26. The molecule has 9 nitrogen and oxygen atoms in total. The fourth-order valence-electron chi connectivity index (χ4n) is 1.39. The lowest BCUT2D eigenvalue weighted by atomic mass is 10.3. The summed E-state index contributed by atoms with van der Waals surface area (Å²) >= 11 is 0. The van der Waals surface area contributed by atoms with E-state index in [0.717, 1.165) is 4.31 Å². The minimum atomic E-state index is -3.92. The van der Waals surface area contributed by atoms with Crippen molar-refractivity contribution in [3.05, 3.63) is 34.4 Å². The molecule has 20 heavy (non-hydrogen) atoms. The Morgan fingerprint density at radius 3 is 2.60 bits per heavy atom. The Balaban J connectivity index is 2.39. The molecular weight excluding hydrogens is 288 g/mol. The molecule has 10 heteroatoms. The van der Waals surface area contributed by atoms with Gasteiger partial charge in [0, 0.05) is 13.1 Å². The number of ether oxygens (including phenoxy) is 1. The number of aliphatic imine (C=N–C) groups is 1. The summed E-state index contributed by atoms with van der Waals surface area (Å²) in [5.41, 5.74) is -0.306. The van der Waals surface area contributed by atoms with E-state index in [9.17, 15) is 18.5 Å². The molecule has 2 rings (SSSR count). The molecular formula is C10H10N4O5S. The summed E-state index contributed by atoms with van der Waals surface area (Å²) in [7, 11) is -2.63. The normalized spacial score (nSPS) is 17.2. The zero-order valence-electron chi connectivity index (χ0n) is 10.5. The first-order chi connectivity index (χ1) is 9.31. The average molecular weight is 298 g/mol. The van der Waals surface area contributed by atoms with E-state index in [0.29, 0.717) is 0 Å². The van der Waals surface area contributed by atoms with Gasteiger partial charge in [0.2, 0.25) is 5.75 Å². The summed E-state index contributed by atoms with van der Waals surface area (Å²) in [5, 5.41) is 10.8. The highest BCUT2D eigenvalue weighted by Gasteiger charge is 2.26. The minimum absolute atomic E-state index is 0.132. The highest BCUT2D eigenvalue weighted by atomic mass is 32.2. The number of nitro groups is 1. The zero-order chi connectivity index (χ0) is 14.9. The maximum atomic E-state index is 11.7. The van der Waals surface area contributed by atoms with Crippen molar-refractivity contribution >= 4 is 27.8 Å². The largest absolute Gasteiger partial charge is 0.416 e. The van der Waals surface area contributed by atoms with Gasteiger partial charge in [0.05, 0.1) is 4.92 Å². The molecule has 0 unspecified atom stereocenters. The van der Waals surface area contributed by atoms with Crippen LogP contribution >= 0.6 is 0 Å². The van der Waals surface area contributed by atoms with Crippen molar-refractivity contribution < 1.29 is 18.1 Å². The number of amidine groups is 2. The lowest BCUT2D eigenvalue weighted by Crippen LogP contribution is -2.35. The number of para-hydroxylation sites is 2. The topological polar surface area (TPSA) is 114 Å². The van der Waals surface area contributed by atoms with E-state index in [2.05, 4.69) is 9.39 Å². The van der Waals surface area contributed by atoms with Gasteiger partial charge in [-0.15, -0.1) is 0 Å². The van der Waals surface area contributed by atoms with Crippen molar-refractivity contribution in [1.82, 2.24) is 4.31 Å². The van der Waals surface area contributed by atoms with Crippen LogP contribution in [0.4, 0.5) is 5.69 Å². The van der Waals surface area contributed by atoms with E-state index in [1.54, 1.807) is 0 Å². The molecule has 1 aromatic rings. The maximum Gasteiger partial charge on any atom is 0.350 e. The highest BCUT2D eigenvalue weighted by molar-refractivity contribution is 7.88. The Labute approximate surface area is 114 Å². The Kier molecular flexibility index (Phi) is 3.40. The van der Waals surface area contributed by atoms with Crippen molar-refractivity contribution in [2.45, 2.75) is 6.92 Å². The van der Waals surface area contributed by atoms with Crippen LogP contribution in [0.5, 0.6) is 5.75 Å². The third-order valence-electron chi connectivity index (χ3n) is 2.52. The van der Waals surface area contributed by atoms with Gasteiger partial charge in [-0.25, -0.2) is 4.31 Å². The van der Waals surface area contributed by atoms with Crippen molar-refractivity contribution in [3.63, 3.8) is 0 Å². The Morgan fingerprint density at radius 2 is 2.00 bits per heavy atom. The fourth-order valence-corrected chi connectivity index (χ4v) is 2.16. The minimum Gasteiger partial charge on any atom is -0.416 e. The number of nitrogens with zero attached hydrogens (tertiary/aromatic N) is 4. The molecule has 0 radical (unpaired) electrons. The summed E-state index contributed by atoms with van der Waals surface area (Å²) in [4.78, 5) is 14.0. The third-order valence-corrected chi connectivity index (χ3v) is 3.86. The first kappa shape index (κ1) is 13.9. The molecule has 0 N–H and O–H groups in total. The van der Waals surface area contributed by atoms with Crippen LogP contribution in [-0.4, -0.2) is 36.6 Å². The van der Waals surface area contributed by atoms with Crippen molar-refractivity contribution in [2.75, 3.05) is 7.05 Å². The van der Waals surface area contributed by atoms with Gasteiger partial charge in [-0.3, -0.25) is 10.1 Å². The maximum absolute atomic E-state index is 11.7. The molecule has 0 saturated carbocycles. The summed E-state index contributed by atoms with van der Waals surface area (Å²) in [5.74, 6) is 0.0149. The van der Waals surface area contributed by atoms with E-state index < -0.39 is 21.2 Å². The van der Waals surface area contributed by atoms with Crippen molar-refractivity contribution in [2.24, 2.45) is 9.39 Å². The molecule has 1 aliphatic rings. The molecule has 0 spiro atoms. The van der Waals surface area contributed by atoms with E-state index in [1.807, 2.05) is 0 Å². The SMILES string of the molecule is CC1=NC(Oc2ccccc2[N+](=O)[O-])=NS(=O)(=O)N1C. The number of nitro benzene ring substituents is 1. The third kappa shape index (κ3) is 2.59. The Bertz CT molecular complexity index is 725. The van der Waals surface area contributed by atoms with Crippen molar-refractivity contribution in [3.8, 4) is 5.75 Å². The lowest BCUT2D eigenvalue weighted by Gasteiger charge is -2.19. The first-order valence-corrected chi connectivity index (χ1v) is 6.76. The molecule has 0 amide bonds. The molecule has 1 aliphatic heterocycles. The van der Waals surface area contributed by atoms with Crippen LogP contribution in [0.15, 0.2) is 33.7 Å². The fraction of sp³-hybridized carbons (Fsp3) is 0.200. The predicted molar refractivity (Wildman–Crippen MR) is 71.0 cm³/mol. The standard InChI is InChI=1S/C10H10N4O5S/c1-7-11-10(12-20(17,18)13(7)2)19-9-6-4-3-5-8(9)14(15)16/h3-6H,1-2H3. The molecule has 1 aromatic carbocycles. The smallest absolute Gasteiger partial charge is 0.350 e. The van der Waals surface area contributed by atoms with Crippen LogP contribution in [-0.2, 0) is 10.2 Å². The van der Waals surface area contributed by atoms with Crippen LogP contribution in [0, 0.1) is 10.1 Å². The summed E-state index contributed by atoms with van der Waals surface area (Å²) in [6.45, 7) is 1.45. The summed E-state index contributed by atoms with van der Waals surface area (Å²) in [6.07, 6.45) is 0. The van der Waals surface area contributed by atoms with Gasteiger partial charge in [-0.2, -0.15) is 13.4 Å². The van der Waals surface area contributed by atoms with Gasteiger partial charge in [0.15, 0.2) is 0 Å². The number of hydrogen-bond acceptors (Lipinski definition) is 6. The summed E-state index contributed by atoms with van der Waals surface area (Å²) < 4.78 is 32.6. The quantitative estimate of drug-likeness (QED) is 0.595. The van der Waals surface area contributed by atoms with Crippen LogP contribution in [0.3, 0.4) is 0 Å². The Morgan fingerprint density at radius 1 is 1.35 bits per heavy atom.